The van der Waals surface area contributed by atoms with E-state index in [4.69, 9.17) is 11.6 Å². The molecule has 2 heterocycles. The fourth-order valence-corrected chi connectivity index (χ4v) is 3.93. The van der Waals surface area contributed by atoms with Crippen LogP contribution in [0.15, 0.2) is 46.9 Å². The van der Waals surface area contributed by atoms with E-state index in [1.54, 1.807) is 18.3 Å². The summed E-state index contributed by atoms with van der Waals surface area (Å²) in [5.41, 5.74) is 2.74. The summed E-state index contributed by atoms with van der Waals surface area (Å²) in [4.78, 5) is 16.0. The molecule has 0 saturated heterocycles. The second-order valence-corrected chi connectivity index (χ2v) is 8.51. The molecule has 0 atom stereocenters. The lowest BCUT2D eigenvalue weighted by Gasteiger charge is -2.06. The van der Waals surface area contributed by atoms with E-state index in [1.165, 1.54) is 28.7 Å². The fourth-order valence-electron chi connectivity index (χ4n) is 2.19. The molecular formula is C18H18ClN5OS2. The van der Waals surface area contributed by atoms with Crippen molar-refractivity contribution in [3.8, 4) is 0 Å². The Kier molecular flexibility index (Phi) is 6.65. The highest BCUT2D eigenvalue weighted by atomic mass is 35.5. The number of carbonyl (C=O) groups excluding carboxylic acids is 1. The molecule has 0 spiro atoms. The highest BCUT2D eigenvalue weighted by molar-refractivity contribution is 8.01. The van der Waals surface area contributed by atoms with Gasteiger partial charge in [-0.25, -0.2) is 4.98 Å². The highest BCUT2D eigenvalue weighted by Crippen LogP contribution is 2.28. The Balaban J connectivity index is 1.52. The third kappa shape index (κ3) is 5.66. The van der Waals surface area contributed by atoms with Gasteiger partial charge in [0, 0.05) is 11.9 Å². The number of aromatic nitrogens is 3. The Hall–Kier alpha value is -2.16. The van der Waals surface area contributed by atoms with Gasteiger partial charge < -0.3 is 10.6 Å². The van der Waals surface area contributed by atoms with Crippen molar-refractivity contribution in [3.63, 3.8) is 0 Å². The molecule has 2 aromatic heterocycles. The average Bonchev–Trinajstić information content (AvgIpc) is 3.10. The molecule has 6 nitrogen and oxygen atoms in total. The number of thioether (sulfide) groups is 1. The van der Waals surface area contributed by atoms with E-state index in [-0.39, 0.29) is 16.8 Å². The summed E-state index contributed by atoms with van der Waals surface area (Å²) in [5, 5.41) is 15.1. The minimum atomic E-state index is -0.177. The quantitative estimate of drug-likeness (QED) is 0.405. The van der Waals surface area contributed by atoms with Gasteiger partial charge in [0.05, 0.1) is 11.4 Å². The molecule has 0 aliphatic carbocycles. The van der Waals surface area contributed by atoms with E-state index in [2.05, 4.69) is 51.8 Å². The third-order valence-electron chi connectivity index (χ3n) is 3.59. The third-order valence-corrected chi connectivity index (χ3v) is 5.87. The van der Waals surface area contributed by atoms with Crippen LogP contribution in [0.5, 0.6) is 0 Å². The van der Waals surface area contributed by atoms with Gasteiger partial charge in [-0.15, -0.1) is 10.2 Å². The molecule has 0 saturated carbocycles. The van der Waals surface area contributed by atoms with Crippen LogP contribution in [-0.4, -0.2) is 26.8 Å². The smallest absolute Gasteiger partial charge is 0.234 e. The molecule has 2 N–H and O–H groups in total. The standard InChI is InChI=1S/C18H18ClN5OS2/c1-11(2)12-5-7-13(8-6-12)21-17-23-24-18(27-17)26-10-15(25)22-14-4-3-9-20-16(14)19/h3-9,11H,10H2,1-2H3,(H,21,23)(H,22,25). The van der Waals surface area contributed by atoms with Gasteiger partial charge >= 0.3 is 0 Å². The number of hydrogen-bond acceptors (Lipinski definition) is 7. The molecular weight excluding hydrogens is 402 g/mol. The minimum absolute atomic E-state index is 0.177. The van der Waals surface area contributed by atoms with Crippen molar-refractivity contribution in [2.24, 2.45) is 0 Å². The number of rotatable bonds is 7. The van der Waals surface area contributed by atoms with Crippen LogP contribution in [-0.2, 0) is 4.79 Å². The predicted molar refractivity (Wildman–Crippen MR) is 112 cm³/mol. The van der Waals surface area contributed by atoms with Gasteiger partial charge in [0.25, 0.3) is 0 Å². The Labute approximate surface area is 170 Å². The van der Waals surface area contributed by atoms with Gasteiger partial charge in [0.15, 0.2) is 9.49 Å². The first-order valence-corrected chi connectivity index (χ1v) is 10.4. The molecule has 0 bridgehead atoms. The van der Waals surface area contributed by atoms with Crippen LogP contribution < -0.4 is 10.6 Å². The summed E-state index contributed by atoms with van der Waals surface area (Å²) in [6.45, 7) is 4.32. The summed E-state index contributed by atoms with van der Waals surface area (Å²) in [5.74, 6) is 0.531. The van der Waals surface area contributed by atoms with Crippen molar-refractivity contribution in [2.45, 2.75) is 24.1 Å². The number of benzene rings is 1. The number of hydrogen-bond donors (Lipinski definition) is 2. The van der Waals surface area contributed by atoms with E-state index in [0.29, 0.717) is 21.1 Å². The summed E-state index contributed by atoms with van der Waals surface area (Å²) in [7, 11) is 0. The zero-order chi connectivity index (χ0) is 19.2. The second-order valence-electron chi connectivity index (χ2n) is 5.95. The number of carbonyl (C=O) groups is 1. The van der Waals surface area contributed by atoms with E-state index in [9.17, 15) is 4.79 Å². The predicted octanol–water partition coefficient (Wildman–Crippen LogP) is 5.18. The SMILES string of the molecule is CC(C)c1ccc(Nc2nnc(SCC(=O)Nc3cccnc3Cl)s2)cc1. The van der Waals surface area contributed by atoms with Crippen LogP contribution in [0, 0.1) is 0 Å². The van der Waals surface area contributed by atoms with E-state index in [0.717, 1.165) is 5.69 Å². The summed E-state index contributed by atoms with van der Waals surface area (Å²) < 4.78 is 0.712. The zero-order valence-electron chi connectivity index (χ0n) is 14.8. The summed E-state index contributed by atoms with van der Waals surface area (Å²) in [6.07, 6.45) is 1.57. The molecule has 1 aromatic carbocycles. The van der Waals surface area contributed by atoms with Crippen LogP contribution in [0.4, 0.5) is 16.5 Å². The Morgan fingerprint density at radius 3 is 2.70 bits per heavy atom. The van der Waals surface area contributed by atoms with Crippen LogP contribution in [0.3, 0.4) is 0 Å². The highest BCUT2D eigenvalue weighted by Gasteiger charge is 2.10. The van der Waals surface area contributed by atoms with Crippen LogP contribution in [0.1, 0.15) is 25.3 Å². The molecule has 0 aliphatic rings. The lowest BCUT2D eigenvalue weighted by Crippen LogP contribution is -2.14. The minimum Gasteiger partial charge on any atom is -0.330 e. The average molecular weight is 420 g/mol. The topological polar surface area (TPSA) is 79.8 Å². The number of pyridine rings is 1. The van der Waals surface area contributed by atoms with Crippen molar-refractivity contribution >= 4 is 57.1 Å². The first kappa shape index (κ1) is 19.6. The van der Waals surface area contributed by atoms with Gasteiger partial charge in [-0.05, 0) is 35.7 Å². The number of nitrogens with one attached hydrogen (secondary N) is 2. The van der Waals surface area contributed by atoms with Gasteiger partial charge in [0.1, 0.15) is 0 Å². The van der Waals surface area contributed by atoms with Crippen LogP contribution in [0.2, 0.25) is 5.15 Å². The molecule has 0 radical (unpaired) electrons. The molecule has 3 rings (SSSR count). The molecule has 9 heteroatoms. The number of amides is 1. The summed E-state index contributed by atoms with van der Waals surface area (Å²) in [6, 6.07) is 11.7. The molecule has 27 heavy (non-hydrogen) atoms. The van der Waals surface area contributed by atoms with Gasteiger partial charge in [-0.3, -0.25) is 4.79 Å². The van der Waals surface area contributed by atoms with Crippen molar-refractivity contribution in [1.82, 2.24) is 15.2 Å². The monoisotopic (exact) mass is 419 g/mol. The van der Waals surface area contributed by atoms with Crippen LogP contribution >= 0.6 is 34.7 Å². The number of anilines is 3. The normalized spacial score (nSPS) is 10.8. The maximum atomic E-state index is 12.0. The number of nitrogens with zero attached hydrogens (tertiary/aromatic N) is 3. The lowest BCUT2D eigenvalue weighted by atomic mass is 10.0. The van der Waals surface area contributed by atoms with Crippen molar-refractivity contribution in [2.75, 3.05) is 16.4 Å². The Morgan fingerprint density at radius 2 is 2.00 bits per heavy atom. The fraction of sp³-hybridized carbons (Fsp3) is 0.222. The molecule has 0 unspecified atom stereocenters. The van der Waals surface area contributed by atoms with Gasteiger partial charge in [-0.2, -0.15) is 0 Å². The molecule has 0 fully saturated rings. The van der Waals surface area contributed by atoms with Crippen molar-refractivity contribution < 1.29 is 4.79 Å². The summed E-state index contributed by atoms with van der Waals surface area (Å²) >= 11 is 8.65. The van der Waals surface area contributed by atoms with E-state index >= 15 is 0 Å². The van der Waals surface area contributed by atoms with E-state index in [1.807, 2.05) is 12.1 Å². The van der Waals surface area contributed by atoms with E-state index < -0.39 is 0 Å². The largest absolute Gasteiger partial charge is 0.330 e. The molecule has 140 valence electrons. The molecule has 0 aliphatic heterocycles. The Bertz CT molecular complexity index is 914. The maximum absolute atomic E-state index is 12.0. The van der Waals surface area contributed by atoms with Crippen molar-refractivity contribution in [3.05, 3.63) is 53.3 Å². The first-order chi connectivity index (χ1) is 13.0. The van der Waals surface area contributed by atoms with Crippen LogP contribution in [0.25, 0.3) is 0 Å². The second kappa shape index (κ2) is 9.16. The Morgan fingerprint density at radius 1 is 1.22 bits per heavy atom. The molecule has 3 aromatic rings. The lowest BCUT2D eigenvalue weighted by molar-refractivity contribution is -0.113. The molecule has 1 amide bonds. The number of halogens is 1. The zero-order valence-corrected chi connectivity index (χ0v) is 17.2. The maximum Gasteiger partial charge on any atom is 0.234 e. The van der Waals surface area contributed by atoms with Gasteiger partial charge in [0.2, 0.25) is 11.0 Å². The first-order valence-electron chi connectivity index (χ1n) is 8.25. The van der Waals surface area contributed by atoms with Gasteiger partial charge in [-0.1, -0.05) is 60.7 Å². The van der Waals surface area contributed by atoms with Crippen molar-refractivity contribution in [1.29, 1.82) is 0 Å².